The Kier molecular flexibility index (Phi) is 12.3. The maximum atomic E-state index is 14.3. The second-order valence-electron chi connectivity index (χ2n) is 10.1. The van der Waals surface area contributed by atoms with Gasteiger partial charge < -0.3 is 15.0 Å². The smallest absolute Gasteiger partial charge is 0.264 e. The number of rotatable bonds is 13. The van der Waals surface area contributed by atoms with Gasteiger partial charge in [0.05, 0.1) is 22.2 Å². The molecule has 0 saturated heterocycles. The molecule has 3 aromatic carbocycles. The van der Waals surface area contributed by atoms with Crippen LogP contribution in [0.2, 0.25) is 10.0 Å². The van der Waals surface area contributed by atoms with Gasteiger partial charge in [-0.2, -0.15) is 0 Å². The van der Waals surface area contributed by atoms with Crippen molar-refractivity contribution < 1.29 is 22.7 Å². The van der Waals surface area contributed by atoms with Gasteiger partial charge in [0.2, 0.25) is 11.8 Å². The van der Waals surface area contributed by atoms with Gasteiger partial charge in [0, 0.05) is 28.2 Å². The van der Waals surface area contributed by atoms with Gasteiger partial charge in [0.15, 0.2) is 0 Å². The molecule has 0 heterocycles. The van der Waals surface area contributed by atoms with Crippen LogP contribution >= 0.6 is 39.1 Å². The van der Waals surface area contributed by atoms with Crippen molar-refractivity contribution in [3.8, 4) is 5.75 Å². The summed E-state index contributed by atoms with van der Waals surface area (Å²) < 4.78 is 35.0. The van der Waals surface area contributed by atoms with Crippen molar-refractivity contribution in [2.24, 2.45) is 0 Å². The summed E-state index contributed by atoms with van der Waals surface area (Å²) in [5.41, 5.74) is 1.67. The Morgan fingerprint density at radius 2 is 1.63 bits per heavy atom. The Balaban J connectivity index is 2.12. The first-order valence-corrected chi connectivity index (χ1v) is 16.8. The SMILES string of the molecule is CC[C@@H](C)NC(=O)[C@H](CC)N(Cc1c(Cl)cccc1Cl)C(=O)CN(c1ccc(C)cc1)S(=O)(=O)c1ccc(OC)c(Br)c1. The van der Waals surface area contributed by atoms with Gasteiger partial charge in [-0.25, -0.2) is 8.42 Å². The van der Waals surface area contributed by atoms with Crippen molar-refractivity contribution in [1.29, 1.82) is 0 Å². The number of methoxy groups -OCH3 is 1. The lowest BCUT2D eigenvalue weighted by Gasteiger charge is -2.34. The average Bonchev–Trinajstić information content (AvgIpc) is 2.97. The molecule has 0 fully saturated rings. The van der Waals surface area contributed by atoms with Crippen LogP contribution in [0.15, 0.2) is 70.0 Å². The Bertz CT molecular complexity index is 1530. The van der Waals surface area contributed by atoms with Crippen LogP contribution in [0.4, 0.5) is 5.69 Å². The third kappa shape index (κ3) is 8.44. The quantitative estimate of drug-likeness (QED) is 0.206. The lowest BCUT2D eigenvalue weighted by molar-refractivity contribution is -0.140. The number of benzene rings is 3. The van der Waals surface area contributed by atoms with Crippen LogP contribution in [0.25, 0.3) is 0 Å². The third-order valence-electron chi connectivity index (χ3n) is 7.09. The van der Waals surface area contributed by atoms with Gasteiger partial charge in [-0.15, -0.1) is 0 Å². The van der Waals surface area contributed by atoms with Crippen molar-refractivity contribution in [2.45, 2.75) is 64.1 Å². The third-order valence-corrected chi connectivity index (χ3v) is 10.2. The predicted molar refractivity (Wildman–Crippen MR) is 175 cm³/mol. The van der Waals surface area contributed by atoms with Crippen LogP contribution in [-0.2, 0) is 26.2 Å². The van der Waals surface area contributed by atoms with Crippen LogP contribution < -0.4 is 14.4 Å². The molecule has 0 aliphatic rings. The van der Waals surface area contributed by atoms with Crippen molar-refractivity contribution in [2.75, 3.05) is 18.0 Å². The van der Waals surface area contributed by atoms with Crippen LogP contribution in [-0.4, -0.2) is 50.9 Å². The summed E-state index contributed by atoms with van der Waals surface area (Å²) in [6.07, 6.45) is 0.974. The Morgan fingerprint density at radius 3 is 2.16 bits per heavy atom. The van der Waals surface area contributed by atoms with Crippen molar-refractivity contribution in [3.63, 3.8) is 0 Å². The molecule has 3 rings (SSSR count). The molecule has 8 nitrogen and oxygen atoms in total. The molecule has 3 aromatic rings. The molecule has 0 bridgehead atoms. The number of aryl methyl sites for hydroxylation is 1. The first kappa shape index (κ1) is 34.7. The predicted octanol–water partition coefficient (Wildman–Crippen LogP) is 6.99. The average molecular weight is 714 g/mol. The zero-order chi connectivity index (χ0) is 31.9. The summed E-state index contributed by atoms with van der Waals surface area (Å²) in [6, 6.07) is 15.1. The summed E-state index contributed by atoms with van der Waals surface area (Å²) in [4.78, 5) is 29.0. The highest BCUT2D eigenvalue weighted by atomic mass is 79.9. The van der Waals surface area contributed by atoms with E-state index in [4.69, 9.17) is 27.9 Å². The minimum Gasteiger partial charge on any atom is -0.496 e. The number of halogens is 3. The largest absolute Gasteiger partial charge is 0.496 e. The van der Waals surface area contributed by atoms with Crippen molar-refractivity contribution >= 4 is 66.7 Å². The Hall–Kier alpha value is -2.79. The molecule has 0 radical (unpaired) electrons. The summed E-state index contributed by atoms with van der Waals surface area (Å²) in [6.45, 7) is 6.81. The molecule has 2 amide bonds. The van der Waals surface area contributed by atoms with E-state index in [2.05, 4.69) is 21.2 Å². The van der Waals surface area contributed by atoms with Crippen molar-refractivity contribution in [1.82, 2.24) is 10.2 Å². The molecule has 1 N–H and O–H groups in total. The molecule has 0 saturated carbocycles. The van der Waals surface area contributed by atoms with E-state index in [1.54, 1.807) is 49.4 Å². The van der Waals surface area contributed by atoms with Gasteiger partial charge in [-0.3, -0.25) is 13.9 Å². The maximum absolute atomic E-state index is 14.3. The number of anilines is 1. The lowest BCUT2D eigenvalue weighted by atomic mass is 10.1. The first-order valence-electron chi connectivity index (χ1n) is 13.8. The summed E-state index contributed by atoms with van der Waals surface area (Å²) >= 11 is 16.3. The van der Waals surface area contributed by atoms with E-state index in [1.807, 2.05) is 20.8 Å². The van der Waals surface area contributed by atoms with E-state index in [0.717, 1.165) is 9.87 Å². The van der Waals surface area contributed by atoms with E-state index in [-0.39, 0.29) is 29.8 Å². The molecule has 0 aromatic heterocycles. The minimum absolute atomic E-state index is 0.0456. The fourth-order valence-corrected chi connectivity index (χ4v) is 7.04. The van der Waals surface area contributed by atoms with E-state index in [0.29, 0.717) is 37.9 Å². The van der Waals surface area contributed by atoms with Gasteiger partial charge >= 0.3 is 0 Å². The fourth-order valence-electron chi connectivity index (χ4n) is 4.39. The monoisotopic (exact) mass is 711 g/mol. The summed E-state index contributed by atoms with van der Waals surface area (Å²) in [7, 11) is -2.78. The fraction of sp³-hybridized carbons (Fsp3) is 0.355. The summed E-state index contributed by atoms with van der Waals surface area (Å²) in [5.74, 6) is -0.492. The minimum atomic E-state index is -4.26. The van der Waals surface area contributed by atoms with Gasteiger partial charge in [0.1, 0.15) is 18.3 Å². The van der Waals surface area contributed by atoms with E-state index in [9.17, 15) is 18.0 Å². The van der Waals surface area contributed by atoms with Gasteiger partial charge in [0.25, 0.3) is 10.0 Å². The van der Waals surface area contributed by atoms with Crippen LogP contribution in [0.5, 0.6) is 5.75 Å². The summed E-state index contributed by atoms with van der Waals surface area (Å²) in [5, 5.41) is 3.60. The topological polar surface area (TPSA) is 96.0 Å². The number of hydrogen-bond acceptors (Lipinski definition) is 5. The lowest BCUT2D eigenvalue weighted by Crippen LogP contribution is -2.53. The number of hydrogen-bond donors (Lipinski definition) is 1. The van der Waals surface area contributed by atoms with Crippen LogP contribution in [0, 0.1) is 6.92 Å². The molecule has 232 valence electrons. The van der Waals surface area contributed by atoms with E-state index >= 15 is 0 Å². The number of amides is 2. The van der Waals surface area contributed by atoms with Crippen molar-refractivity contribution in [3.05, 3.63) is 86.3 Å². The standard InChI is InChI=1S/C31H36BrCl2N3O5S/c1-6-21(4)35-31(39)28(7-2)36(18-24-26(33)9-8-10-27(24)34)30(38)19-37(22-13-11-20(3)12-14-22)43(40,41)23-15-16-29(42-5)25(32)17-23/h8-17,21,28H,6-7,18-19H2,1-5H3,(H,35,39)/t21-,28+/m1/s1. The normalized spacial score (nSPS) is 12.7. The Labute approximate surface area is 272 Å². The molecule has 43 heavy (non-hydrogen) atoms. The number of nitrogens with zero attached hydrogens (tertiary/aromatic N) is 2. The number of sulfonamides is 1. The number of carbonyl (C=O) groups is 2. The maximum Gasteiger partial charge on any atom is 0.264 e. The highest BCUT2D eigenvalue weighted by molar-refractivity contribution is 9.10. The molecular formula is C31H36BrCl2N3O5S. The van der Waals surface area contributed by atoms with E-state index < -0.39 is 28.5 Å². The first-order chi connectivity index (χ1) is 20.3. The highest BCUT2D eigenvalue weighted by Crippen LogP contribution is 2.32. The molecule has 12 heteroatoms. The number of nitrogens with one attached hydrogen (secondary N) is 1. The number of ether oxygens (including phenoxy) is 1. The number of carbonyl (C=O) groups excluding carboxylic acids is 2. The van der Waals surface area contributed by atoms with E-state index in [1.165, 1.54) is 30.2 Å². The molecule has 0 aliphatic heterocycles. The molecule has 0 spiro atoms. The Morgan fingerprint density at radius 1 is 1.00 bits per heavy atom. The van der Waals surface area contributed by atoms with Crippen LogP contribution in [0.3, 0.4) is 0 Å². The molecule has 0 aliphatic carbocycles. The highest BCUT2D eigenvalue weighted by Gasteiger charge is 2.34. The van der Waals surface area contributed by atoms with Gasteiger partial charge in [-0.05, 0) is 85.1 Å². The molecular weight excluding hydrogens is 677 g/mol. The second-order valence-corrected chi connectivity index (χ2v) is 13.6. The zero-order valence-electron chi connectivity index (χ0n) is 24.7. The molecule has 2 atom stereocenters. The zero-order valence-corrected chi connectivity index (χ0v) is 28.6. The van der Waals surface area contributed by atoms with Crippen LogP contribution in [0.1, 0.15) is 44.7 Å². The molecule has 0 unspecified atom stereocenters. The second kappa shape index (κ2) is 15.3. The van der Waals surface area contributed by atoms with Gasteiger partial charge in [-0.1, -0.05) is 60.8 Å².